The third kappa shape index (κ3) is 5.36. The van der Waals surface area contributed by atoms with Crippen molar-refractivity contribution in [3.63, 3.8) is 0 Å². The highest BCUT2D eigenvalue weighted by Crippen LogP contribution is 2.13. The lowest BCUT2D eigenvalue weighted by Crippen LogP contribution is -1.93. The van der Waals surface area contributed by atoms with Crippen LogP contribution in [0.3, 0.4) is 0 Å². The van der Waals surface area contributed by atoms with Crippen LogP contribution in [0, 0.1) is 5.92 Å². The molecule has 0 unspecified atom stereocenters. The fraction of sp³-hybridized carbons (Fsp3) is 0.500. The second-order valence-corrected chi connectivity index (χ2v) is 4.47. The maximum Gasteiger partial charge on any atom is 0.0628 e. The van der Waals surface area contributed by atoms with Crippen LogP contribution in [0.5, 0.6) is 0 Å². The molecule has 1 heteroatoms. The van der Waals surface area contributed by atoms with E-state index in [9.17, 15) is 0 Å². The van der Waals surface area contributed by atoms with Crippen LogP contribution in [0.2, 0.25) is 0 Å². The summed E-state index contributed by atoms with van der Waals surface area (Å²) < 4.78 is 0. The molecule has 1 aromatic carbocycles. The average molecular weight is 203 g/mol. The van der Waals surface area contributed by atoms with E-state index in [1.54, 1.807) is 0 Å². The molecule has 0 fully saturated rings. The van der Waals surface area contributed by atoms with Crippen LogP contribution in [0.15, 0.2) is 35.3 Å². The first-order valence-corrected chi connectivity index (χ1v) is 5.77. The van der Waals surface area contributed by atoms with Gasteiger partial charge in [-0.25, -0.2) is 0 Å². The molecule has 0 aliphatic carbocycles. The fourth-order valence-electron chi connectivity index (χ4n) is 1.54. The van der Waals surface area contributed by atoms with Crippen LogP contribution in [-0.2, 0) is 0 Å². The van der Waals surface area contributed by atoms with Gasteiger partial charge in [-0.2, -0.15) is 0 Å². The molecular formula is C14H21N. The summed E-state index contributed by atoms with van der Waals surface area (Å²) in [6.07, 6.45) is 3.66. The third-order valence-corrected chi connectivity index (χ3v) is 2.40. The molecule has 0 heterocycles. The first kappa shape index (κ1) is 12.0. The van der Waals surface area contributed by atoms with Crippen LogP contribution < -0.4 is 0 Å². The second kappa shape index (κ2) is 6.39. The van der Waals surface area contributed by atoms with Gasteiger partial charge in [-0.15, -0.1) is 0 Å². The van der Waals surface area contributed by atoms with E-state index in [0.29, 0.717) is 0 Å². The predicted molar refractivity (Wildman–Crippen MR) is 67.9 cm³/mol. The van der Waals surface area contributed by atoms with Gasteiger partial charge in [0.1, 0.15) is 0 Å². The summed E-state index contributed by atoms with van der Waals surface area (Å²) in [4.78, 5) is 4.57. The summed E-state index contributed by atoms with van der Waals surface area (Å²) in [7, 11) is 0. The van der Waals surface area contributed by atoms with Crippen molar-refractivity contribution in [2.75, 3.05) is 0 Å². The minimum Gasteiger partial charge on any atom is -0.258 e. The molecule has 0 bridgehead atoms. The average Bonchev–Trinajstić information content (AvgIpc) is 2.18. The summed E-state index contributed by atoms with van der Waals surface area (Å²) in [5.74, 6) is 0.800. The largest absolute Gasteiger partial charge is 0.258 e. The van der Waals surface area contributed by atoms with Crippen LogP contribution in [-0.4, -0.2) is 5.71 Å². The first-order chi connectivity index (χ1) is 7.18. The second-order valence-electron chi connectivity index (χ2n) is 4.47. The van der Waals surface area contributed by atoms with Gasteiger partial charge in [0.2, 0.25) is 0 Å². The lowest BCUT2D eigenvalue weighted by atomic mass is 10.1. The molecule has 0 N–H and O–H groups in total. The van der Waals surface area contributed by atoms with Gasteiger partial charge in [0.25, 0.3) is 0 Å². The summed E-state index contributed by atoms with van der Waals surface area (Å²) in [5.41, 5.74) is 2.31. The number of para-hydroxylation sites is 1. The normalized spacial score (nSPS) is 12.1. The standard InChI is InChI=1S/C14H21N/c1-12(2)8-7-9-13(3)15-14-10-5-4-6-11-14/h4-6,10-12H,7-9H2,1-3H3. The van der Waals surface area contributed by atoms with E-state index < -0.39 is 0 Å². The Morgan fingerprint density at radius 1 is 1.20 bits per heavy atom. The van der Waals surface area contributed by atoms with E-state index >= 15 is 0 Å². The highest BCUT2D eigenvalue weighted by molar-refractivity contribution is 5.84. The Kier molecular flexibility index (Phi) is 5.09. The molecule has 0 saturated heterocycles. The number of rotatable bonds is 5. The number of hydrogen-bond donors (Lipinski definition) is 0. The van der Waals surface area contributed by atoms with Crippen molar-refractivity contribution < 1.29 is 0 Å². The van der Waals surface area contributed by atoms with Gasteiger partial charge in [-0.3, -0.25) is 4.99 Å². The van der Waals surface area contributed by atoms with Gasteiger partial charge < -0.3 is 0 Å². The van der Waals surface area contributed by atoms with Crippen molar-refractivity contribution in [1.82, 2.24) is 0 Å². The quantitative estimate of drug-likeness (QED) is 0.620. The Balaban J connectivity index is 2.40. The first-order valence-electron chi connectivity index (χ1n) is 5.77. The zero-order valence-electron chi connectivity index (χ0n) is 10.0. The number of nitrogens with zero attached hydrogens (tertiary/aromatic N) is 1. The van der Waals surface area contributed by atoms with E-state index in [2.05, 4.69) is 25.8 Å². The molecule has 0 saturated carbocycles. The molecule has 1 nitrogen and oxygen atoms in total. The number of hydrogen-bond acceptors (Lipinski definition) is 1. The smallest absolute Gasteiger partial charge is 0.0628 e. The molecule has 0 aliphatic heterocycles. The van der Waals surface area contributed by atoms with Crippen molar-refractivity contribution in [2.24, 2.45) is 10.9 Å². The molecule has 1 aromatic rings. The van der Waals surface area contributed by atoms with Crippen molar-refractivity contribution in [1.29, 1.82) is 0 Å². The van der Waals surface area contributed by atoms with Gasteiger partial charge in [0.05, 0.1) is 5.69 Å². The van der Waals surface area contributed by atoms with Crippen molar-refractivity contribution in [2.45, 2.75) is 40.0 Å². The van der Waals surface area contributed by atoms with Gasteiger partial charge >= 0.3 is 0 Å². The molecule has 1 rings (SSSR count). The number of aliphatic imine (C=N–C) groups is 1. The van der Waals surface area contributed by atoms with Crippen LogP contribution in [0.4, 0.5) is 5.69 Å². The summed E-state index contributed by atoms with van der Waals surface area (Å²) in [5, 5.41) is 0. The fourth-order valence-corrected chi connectivity index (χ4v) is 1.54. The van der Waals surface area contributed by atoms with Crippen LogP contribution >= 0.6 is 0 Å². The van der Waals surface area contributed by atoms with Crippen molar-refractivity contribution in [3.8, 4) is 0 Å². The molecule has 0 aromatic heterocycles. The lowest BCUT2D eigenvalue weighted by molar-refractivity contribution is 0.564. The maximum absolute atomic E-state index is 4.57. The predicted octanol–water partition coefficient (Wildman–Crippen LogP) is 4.61. The van der Waals surface area contributed by atoms with E-state index in [0.717, 1.165) is 18.0 Å². The van der Waals surface area contributed by atoms with Crippen molar-refractivity contribution in [3.05, 3.63) is 30.3 Å². The topological polar surface area (TPSA) is 12.4 Å². The molecule has 0 atom stereocenters. The molecule has 0 radical (unpaired) electrons. The third-order valence-electron chi connectivity index (χ3n) is 2.40. The lowest BCUT2D eigenvalue weighted by Gasteiger charge is -2.04. The SMILES string of the molecule is CC(CCCC(C)C)=Nc1ccccc1. The van der Waals surface area contributed by atoms with Crippen LogP contribution in [0.1, 0.15) is 40.0 Å². The molecular weight excluding hydrogens is 182 g/mol. The molecule has 0 spiro atoms. The molecule has 0 amide bonds. The van der Waals surface area contributed by atoms with E-state index in [1.165, 1.54) is 18.6 Å². The van der Waals surface area contributed by atoms with Crippen molar-refractivity contribution >= 4 is 11.4 Å². The Morgan fingerprint density at radius 2 is 1.87 bits per heavy atom. The minimum atomic E-state index is 0.800. The highest BCUT2D eigenvalue weighted by Gasteiger charge is 1.96. The van der Waals surface area contributed by atoms with E-state index in [1.807, 2.05) is 30.3 Å². The Bertz CT molecular complexity index is 298. The summed E-state index contributed by atoms with van der Waals surface area (Å²) in [6.45, 7) is 6.65. The van der Waals surface area contributed by atoms with Gasteiger partial charge in [-0.05, 0) is 37.8 Å². The summed E-state index contributed by atoms with van der Waals surface area (Å²) in [6, 6.07) is 10.2. The van der Waals surface area contributed by atoms with E-state index in [4.69, 9.17) is 0 Å². The highest BCUT2D eigenvalue weighted by atomic mass is 14.7. The molecule has 82 valence electrons. The molecule has 0 aliphatic rings. The Morgan fingerprint density at radius 3 is 2.47 bits per heavy atom. The van der Waals surface area contributed by atoms with Crippen LogP contribution in [0.25, 0.3) is 0 Å². The monoisotopic (exact) mass is 203 g/mol. The number of benzene rings is 1. The maximum atomic E-state index is 4.57. The molecule has 15 heavy (non-hydrogen) atoms. The van der Waals surface area contributed by atoms with Gasteiger partial charge in [-0.1, -0.05) is 38.5 Å². The van der Waals surface area contributed by atoms with Gasteiger partial charge in [0, 0.05) is 5.71 Å². The van der Waals surface area contributed by atoms with Gasteiger partial charge in [0.15, 0.2) is 0 Å². The Labute approximate surface area is 93.2 Å². The van der Waals surface area contributed by atoms with E-state index in [-0.39, 0.29) is 0 Å². The summed E-state index contributed by atoms with van der Waals surface area (Å²) >= 11 is 0. The minimum absolute atomic E-state index is 0.800. The Hall–Kier alpha value is -1.11. The zero-order chi connectivity index (χ0) is 11.1. The zero-order valence-corrected chi connectivity index (χ0v) is 10.0.